The molecule has 0 aliphatic carbocycles. The Morgan fingerprint density at radius 2 is 1.88 bits per heavy atom. The summed E-state index contributed by atoms with van der Waals surface area (Å²) in [6, 6.07) is 3.87. The molecule has 0 atom stereocenters. The maximum absolute atomic E-state index is 8.36. The van der Waals surface area contributed by atoms with E-state index in [-0.39, 0.29) is 17.0 Å². The summed E-state index contributed by atoms with van der Waals surface area (Å²) in [5.74, 6) is 0. The van der Waals surface area contributed by atoms with E-state index in [0.717, 1.165) is 18.5 Å². The normalized spacial score (nSPS) is 11.4. The molecule has 0 radical (unpaired) electrons. The van der Waals surface area contributed by atoms with Crippen LogP contribution < -0.4 is 21.5 Å². The second-order valence-electron chi connectivity index (χ2n) is 4.92. The minimum atomic E-state index is 0. The average molecular weight is 287 g/mol. The van der Waals surface area contributed by atoms with Crippen molar-refractivity contribution in [3.05, 3.63) is 30.1 Å². The molecule has 3 nitrogen and oxygen atoms in total. The molecule has 0 saturated heterocycles. The summed E-state index contributed by atoms with van der Waals surface area (Å²) in [6.45, 7) is 7.72. The van der Waals surface area contributed by atoms with Crippen LogP contribution in [-0.4, -0.2) is 11.4 Å². The van der Waals surface area contributed by atoms with Crippen LogP contribution in [-0.2, 0) is 6.54 Å². The molecule has 1 heterocycles. The molecule has 0 amide bonds. The quantitative estimate of drug-likeness (QED) is 0.337. The molecule has 90 valence electrons. The fourth-order valence-electron chi connectivity index (χ4n) is 1.24. The minimum absolute atomic E-state index is 0. The molecule has 1 N–H and O–H groups in total. The number of halogens is 1. The highest BCUT2D eigenvalue weighted by atomic mass is 79.9. The van der Waals surface area contributed by atoms with Crippen molar-refractivity contribution in [2.24, 2.45) is 10.6 Å². The Labute approximate surface area is 108 Å². The molecule has 1 rings (SSSR count). The van der Waals surface area contributed by atoms with Crippen molar-refractivity contribution in [3.63, 3.8) is 0 Å². The third-order valence-corrected chi connectivity index (χ3v) is 2.24. The molecule has 0 fully saturated rings. The molecular weight excluding hydrogens is 268 g/mol. The van der Waals surface area contributed by atoms with Gasteiger partial charge in [0.05, 0.1) is 6.21 Å². The van der Waals surface area contributed by atoms with Gasteiger partial charge in [0, 0.05) is 24.1 Å². The van der Waals surface area contributed by atoms with Gasteiger partial charge >= 0.3 is 0 Å². The smallest absolute Gasteiger partial charge is 0.169 e. The highest BCUT2D eigenvalue weighted by Gasteiger charge is 2.12. The summed E-state index contributed by atoms with van der Waals surface area (Å²) in [5.41, 5.74) is 1.27. The van der Waals surface area contributed by atoms with Gasteiger partial charge in [-0.05, 0) is 5.41 Å². The standard InChI is InChI=1S/C12H18N2O.BrH/c1-12(2,3)6-9-14-7-4-11(5-8-14)10-13-15;/h4-5,7-8,10H,6,9H2,1-3H3;1H. The van der Waals surface area contributed by atoms with E-state index in [1.54, 1.807) is 0 Å². The van der Waals surface area contributed by atoms with Gasteiger partial charge in [0.2, 0.25) is 0 Å². The molecule has 0 saturated carbocycles. The van der Waals surface area contributed by atoms with Crippen molar-refractivity contribution in [2.45, 2.75) is 33.7 Å². The third-order valence-electron chi connectivity index (χ3n) is 2.24. The molecule has 0 bridgehead atoms. The zero-order valence-electron chi connectivity index (χ0n) is 10.0. The number of aromatic nitrogens is 1. The number of aryl methyl sites for hydroxylation is 1. The predicted molar refractivity (Wildman–Crippen MR) is 60.1 cm³/mol. The van der Waals surface area contributed by atoms with Gasteiger partial charge in [-0.25, -0.2) is 4.57 Å². The van der Waals surface area contributed by atoms with E-state index in [2.05, 4.69) is 30.5 Å². The maximum Gasteiger partial charge on any atom is 0.169 e. The van der Waals surface area contributed by atoms with Gasteiger partial charge in [0.15, 0.2) is 12.4 Å². The van der Waals surface area contributed by atoms with Crippen LogP contribution >= 0.6 is 0 Å². The van der Waals surface area contributed by atoms with Crippen LogP contribution in [0.3, 0.4) is 0 Å². The highest BCUT2D eigenvalue weighted by molar-refractivity contribution is 5.78. The largest absolute Gasteiger partial charge is 1.00 e. The van der Waals surface area contributed by atoms with Crippen LogP contribution in [0.4, 0.5) is 0 Å². The van der Waals surface area contributed by atoms with Crippen LogP contribution in [0.2, 0.25) is 0 Å². The second kappa shape index (κ2) is 6.63. The van der Waals surface area contributed by atoms with Crippen LogP contribution in [0.25, 0.3) is 0 Å². The Hall–Kier alpha value is -0.900. The molecule has 0 aliphatic rings. The first-order valence-corrected chi connectivity index (χ1v) is 5.18. The number of pyridine rings is 1. The monoisotopic (exact) mass is 286 g/mol. The molecule has 16 heavy (non-hydrogen) atoms. The number of rotatable bonds is 3. The lowest BCUT2D eigenvalue weighted by Gasteiger charge is -2.15. The van der Waals surface area contributed by atoms with E-state index in [9.17, 15) is 0 Å². The van der Waals surface area contributed by atoms with Gasteiger partial charge in [-0.1, -0.05) is 25.9 Å². The van der Waals surface area contributed by atoms with Gasteiger partial charge < -0.3 is 22.2 Å². The lowest BCUT2D eigenvalue weighted by molar-refractivity contribution is -0.698. The number of oxime groups is 1. The Kier molecular flexibility index (Phi) is 6.26. The summed E-state index contributed by atoms with van der Waals surface area (Å²) in [6.07, 6.45) is 6.57. The Bertz CT molecular complexity index is 328. The lowest BCUT2D eigenvalue weighted by atomic mass is 9.92. The zero-order chi connectivity index (χ0) is 11.3. The Morgan fingerprint density at radius 1 is 1.31 bits per heavy atom. The first kappa shape index (κ1) is 15.1. The summed E-state index contributed by atoms with van der Waals surface area (Å²) in [5, 5.41) is 11.3. The Balaban J connectivity index is 0.00000225. The summed E-state index contributed by atoms with van der Waals surface area (Å²) in [7, 11) is 0. The van der Waals surface area contributed by atoms with E-state index < -0.39 is 0 Å². The van der Waals surface area contributed by atoms with Gasteiger partial charge in [0.1, 0.15) is 6.54 Å². The lowest BCUT2D eigenvalue weighted by Crippen LogP contribution is -3.00. The fraction of sp³-hybridized carbons (Fsp3) is 0.500. The van der Waals surface area contributed by atoms with Crippen molar-refractivity contribution < 1.29 is 26.8 Å². The van der Waals surface area contributed by atoms with E-state index in [0.29, 0.717) is 5.41 Å². The van der Waals surface area contributed by atoms with E-state index in [1.165, 1.54) is 6.21 Å². The van der Waals surface area contributed by atoms with E-state index >= 15 is 0 Å². The van der Waals surface area contributed by atoms with Crippen molar-refractivity contribution in [2.75, 3.05) is 0 Å². The van der Waals surface area contributed by atoms with Gasteiger partial charge in [-0.15, -0.1) is 0 Å². The van der Waals surface area contributed by atoms with Gasteiger partial charge in [-0.3, -0.25) is 0 Å². The molecule has 0 aromatic carbocycles. The van der Waals surface area contributed by atoms with Crippen LogP contribution in [0.1, 0.15) is 32.8 Å². The predicted octanol–water partition coefficient (Wildman–Crippen LogP) is -0.778. The number of hydrogen-bond donors (Lipinski definition) is 1. The minimum Gasteiger partial charge on any atom is -1.00 e. The molecule has 1 aromatic heterocycles. The maximum atomic E-state index is 8.36. The fourth-order valence-corrected chi connectivity index (χ4v) is 1.24. The molecule has 0 aliphatic heterocycles. The summed E-state index contributed by atoms with van der Waals surface area (Å²) < 4.78 is 2.14. The SMILES string of the molecule is CC(C)(C)CC[n+]1ccc(/C=N/O)cc1.[Br-]. The van der Waals surface area contributed by atoms with Crippen molar-refractivity contribution in [3.8, 4) is 0 Å². The average Bonchev–Trinajstić information content (AvgIpc) is 2.16. The molecular formula is C12H19BrN2O. The van der Waals surface area contributed by atoms with E-state index in [4.69, 9.17) is 5.21 Å². The number of nitrogens with zero attached hydrogens (tertiary/aromatic N) is 2. The topological polar surface area (TPSA) is 36.5 Å². The van der Waals surface area contributed by atoms with E-state index in [1.807, 2.05) is 24.5 Å². The van der Waals surface area contributed by atoms with Crippen molar-refractivity contribution in [1.82, 2.24) is 0 Å². The van der Waals surface area contributed by atoms with Gasteiger partial charge in [-0.2, -0.15) is 0 Å². The molecule has 1 aromatic rings. The second-order valence-corrected chi connectivity index (χ2v) is 4.92. The molecule has 4 heteroatoms. The van der Waals surface area contributed by atoms with Crippen LogP contribution in [0.5, 0.6) is 0 Å². The van der Waals surface area contributed by atoms with Crippen molar-refractivity contribution >= 4 is 6.21 Å². The third kappa shape index (κ3) is 5.85. The number of hydrogen-bond acceptors (Lipinski definition) is 2. The van der Waals surface area contributed by atoms with Crippen LogP contribution in [0, 0.1) is 5.41 Å². The first-order valence-electron chi connectivity index (χ1n) is 5.18. The van der Waals surface area contributed by atoms with Gasteiger partial charge in [0.25, 0.3) is 0 Å². The highest BCUT2D eigenvalue weighted by Crippen LogP contribution is 2.17. The van der Waals surface area contributed by atoms with Crippen molar-refractivity contribution in [1.29, 1.82) is 0 Å². The molecule has 0 spiro atoms. The summed E-state index contributed by atoms with van der Waals surface area (Å²) >= 11 is 0. The van der Waals surface area contributed by atoms with Crippen LogP contribution in [0.15, 0.2) is 29.7 Å². The Morgan fingerprint density at radius 3 is 2.31 bits per heavy atom. The summed E-state index contributed by atoms with van der Waals surface area (Å²) in [4.78, 5) is 0. The molecule has 0 unspecified atom stereocenters. The zero-order valence-corrected chi connectivity index (χ0v) is 11.6. The first-order chi connectivity index (χ1) is 7.01.